The van der Waals surface area contributed by atoms with Crippen LogP contribution in [0, 0.1) is 0 Å². The second-order valence-corrected chi connectivity index (χ2v) is 2.04. The minimum Gasteiger partial charge on any atom is -0.412 e. The van der Waals surface area contributed by atoms with Crippen LogP contribution in [0.3, 0.4) is 0 Å². The van der Waals surface area contributed by atoms with E-state index >= 15 is 0 Å². The van der Waals surface area contributed by atoms with Crippen molar-refractivity contribution in [1.82, 2.24) is 0 Å². The molecule has 0 unspecified atom stereocenters. The van der Waals surface area contributed by atoms with Crippen LogP contribution in [0.2, 0.25) is 0 Å². The Morgan fingerprint density at radius 2 is 0.600 bits per heavy atom. The molecule has 0 aliphatic heterocycles. The largest absolute Gasteiger partial charge is 0.412 e. The van der Waals surface area contributed by atoms with Gasteiger partial charge in [0, 0.05) is 21.3 Å². The molecule has 0 radical (unpaired) electrons. The summed E-state index contributed by atoms with van der Waals surface area (Å²) in [6.45, 7) is -1.46. The molecular weight excluding hydrogens is 284 g/mol. The normalized spacial score (nSPS) is 6.90. The maximum Gasteiger partial charge on any atom is 0.100 e. The lowest BCUT2D eigenvalue weighted by Crippen LogP contribution is -2.15. The van der Waals surface area contributed by atoms with Gasteiger partial charge in [-0.2, -0.15) is 0 Å². The lowest BCUT2D eigenvalue weighted by Gasteiger charge is -1.96. The predicted molar refractivity (Wildman–Crippen MR) is 72.0 cm³/mol. The van der Waals surface area contributed by atoms with E-state index in [9.17, 15) is 0 Å². The van der Waals surface area contributed by atoms with E-state index in [1.54, 1.807) is 0 Å². The molecule has 0 atom stereocenters. The number of hydrogen-bond acceptors (Lipinski definition) is 9. The Balaban J connectivity index is -0.0000000229. The van der Waals surface area contributed by atoms with Crippen LogP contribution in [0.5, 0.6) is 0 Å². The highest BCUT2D eigenvalue weighted by Gasteiger charge is 1.94. The van der Waals surface area contributed by atoms with E-state index in [-0.39, 0.29) is 37.4 Å². The average molecular weight is 316 g/mol. The second-order valence-electron chi connectivity index (χ2n) is 2.04. The molecule has 0 spiro atoms. The van der Waals surface area contributed by atoms with Crippen LogP contribution in [-0.2, 0) is 0 Å². The van der Waals surface area contributed by atoms with Crippen molar-refractivity contribution in [3.63, 3.8) is 0 Å². The Morgan fingerprint density at radius 1 is 0.500 bits per heavy atom. The zero-order valence-corrected chi connectivity index (χ0v) is 12.0. The molecule has 0 heterocycles. The van der Waals surface area contributed by atoms with Crippen LogP contribution in [0.15, 0.2) is 0 Å². The molecule has 0 bridgehead atoms. The summed E-state index contributed by atoms with van der Waals surface area (Å²) in [7, 11) is 3.00. The van der Waals surface area contributed by atoms with Gasteiger partial charge in [0.05, 0.1) is 26.4 Å². The van der Waals surface area contributed by atoms with Crippen molar-refractivity contribution in [2.45, 2.75) is 12.2 Å². The molecule has 0 aromatic heterocycles. The first kappa shape index (κ1) is 42.7. The van der Waals surface area contributed by atoms with Gasteiger partial charge < -0.3 is 56.9 Å². The van der Waals surface area contributed by atoms with Crippen molar-refractivity contribution in [3.05, 3.63) is 0 Å². The Kier molecular flexibility index (Phi) is 134. The second kappa shape index (κ2) is 62.6. The van der Waals surface area contributed by atoms with Crippen molar-refractivity contribution >= 4 is 0 Å². The Bertz CT molecular complexity index is 68.3. The number of aliphatic hydroxyl groups excluding tert-OH is 9. The summed E-state index contributed by atoms with van der Waals surface area (Å²) >= 11 is 0. The van der Waals surface area contributed by atoms with E-state index < -0.39 is 12.2 Å². The van der Waals surface area contributed by atoms with Gasteiger partial charge >= 0.3 is 0 Å². The summed E-state index contributed by atoms with van der Waals surface area (Å²) < 4.78 is 0. The van der Waals surface area contributed by atoms with Gasteiger partial charge in [-0.3, -0.25) is 0 Å². The summed E-state index contributed by atoms with van der Waals surface area (Å²) in [5, 5.41) is 69.0. The summed E-state index contributed by atoms with van der Waals surface area (Å²) in [5.41, 5.74) is 0. The van der Waals surface area contributed by atoms with E-state index in [0.717, 1.165) is 21.3 Å². The molecule has 0 aliphatic carbocycles. The lowest BCUT2D eigenvalue weighted by molar-refractivity contribution is 0.0450. The quantitative estimate of drug-likeness (QED) is 0.239. The zero-order chi connectivity index (χ0) is 16.0. The third kappa shape index (κ3) is 84.3. The molecule has 0 aromatic carbocycles. The van der Waals surface area contributed by atoms with Gasteiger partial charge in [0.1, 0.15) is 12.2 Å². The molecule has 20 heavy (non-hydrogen) atoms. The molecule has 0 rings (SSSR count). The fourth-order valence-corrected chi connectivity index (χ4v) is 0.115. The van der Waals surface area contributed by atoms with E-state index in [1.165, 1.54) is 0 Å². The van der Waals surface area contributed by atoms with Gasteiger partial charge in [-0.25, -0.2) is 0 Å². The molecular formula is C9H32O11. The predicted octanol–water partition coefficient (Wildman–Crippen LogP) is -6.16. The van der Waals surface area contributed by atoms with Crippen molar-refractivity contribution < 1.29 is 56.9 Å². The molecule has 0 aliphatic rings. The Morgan fingerprint density at radius 3 is 0.600 bits per heavy atom. The third-order valence-electron chi connectivity index (χ3n) is 0.843. The molecule has 0 amide bonds. The van der Waals surface area contributed by atoms with Crippen molar-refractivity contribution in [2.75, 3.05) is 47.8 Å². The Hall–Kier alpha value is -0.440. The van der Waals surface area contributed by atoms with Crippen LogP contribution >= 0.6 is 0 Å². The van der Waals surface area contributed by atoms with Gasteiger partial charge in [-0.05, 0) is 0 Å². The zero-order valence-electron chi connectivity index (χ0n) is 12.0. The van der Waals surface area contributed by atoms with E-state index in [2.05, 4.69) is 0 Å². The van der Waals surface area contributed by atoms with Crippen molar-refractivity contribution in [1.29, 1.82) is 0 Å². The van der Waals surface area contributed by atoms with Crippen molar-refractivity contribution in [2.24, 2.45) is 0 Å². The summed E-state index contributed by atoms with van der Waals surface area (Å²) in [6.07, 6.45) is -1.91. The molecule has 134 valence electrons. The van der Waals surface area contributed by atoms with Gasteiger partial charge in [-0.15, -0.1) is 0 Å². The van der Waals surface area contributed by atoms with E-state index in [0.29, 0.717) is 0 Å². The van der Waals surface area contributed by atoms with E-state index in [4.69, 9.17) is 46.0 Å². The standard InChI is InChI=1S/2C3H8O3.3CH4O.2H2O/c2*4-1-3(6)2-5;3*1-2;;/h2*3-6H,1-2H2;3*2H,1H3;2*1H2. The maximum absolute atomic E-state index is 8.17. The number of hydrogen-bond donors (Lipinski definition) is 9. The van der Waals surface area contributed by atoms with Gasteiger partial charge in [0.25, 0.3) is 0 Å². The smallest absolute Gasteiger partial charge is 0.100 e. The monoisotopic (exact) mass is 316 g/mol. The molecule has 0 saturated carbocycles. The van der Waals surface area contributed by atoms with Gasteiger partial charge in [0.15, 0.2) is 0 Å². The highest BCUT2D eigenvalue weighted by molar-refractivity contribution is 4.44. The molecule has 0 fully saturated rings. The van der Waals surface area contributed by atoms with Gasteiger partial charge in [0.2, 0.25) is 0 Å². The van der Waals surface area contributed by atoms with Crippen LogP contribution in [-0.4, -0.2) is 117 Å². The fraction of sp³-hybridized carbons (Fsp3) is 1.00. The molecule has 11 heteroatoms. The average Bonchev–Trinajstić information content (AvgIpc) is 2.52. The third-order valence-corrected chi connectivity index (χ3v) is 0.843. The van der Waals surface area contributed by atoms with Crippen LogP contribution in [0.25, 0.3) is 0 Å². The summed E-state index contributed by atoms with van der Waals surface area (Å²) in [5.74, 6) is 0. The topological polar surface area (TPSA) is 245 Å². The van der Waals surface area contributed by atoms with Crippen LogP contribution in [0.4, 0.5) is 0 Å². The highest BCUT2D eigenvalue weighted by atomic mass is 16.3. The van der Waals surface area contributed by atoms with Crippen LogP contribution in [0.1, 0.15) is 0 Å². The summed E-state index contributed by atoms with van der Waals surface area (Å²) in [6, 6.07) is 0. The summed E-state index contributed by atoms with van der Waals surface area (Å²) in [4.78, 5) is 0. The Labute approximate surface area is 118 Å². The molecule has 0 saturated heterocycles. The van der Waals surface area contributed by atoms with Gasteiger partial charge in [-0.1, -0.05) is 0 Å². The van der Waals surface area contributed by atoms with Crippen LogP contribution < -0.4 is 0 Å². The first-order valence-corrected chi connectivity index (χ1v) is 4.76. The molecule has 11 nitrogen and oxygen atoms in total. The lowest BCUT2D eigenvalue weighted by atomic mass is 10.4. The highest BCUT2D eigenvalue weighted by Crippen LogP contribution is 1.72. The number of aliphatic hydroxyl groups is 9. The minimum absolute atomic E-state index is 0. The minimum atomic E-state index is -0.954. The first-order chi connectivity index (χ1) is 8.62. The molecule has 13 N–H and O–H groups in total. The SMILES string of the molecule is CO.CO.CO.O.O.OCC(O)CO.OCC(O)CO. The van der Waals surface area contributed by atoms with E-state index in [1.807, 2.05) is 0 Å². The number of rotatable bonds is 4. The van der Waals surface area contributed by atoms with Crippen molar-refractivity contribution in [3.8, 4) is 0 Å². The first-order valence-electron chi connectivity index (χ1n) is 4.76. The maximum atomic E-state index is 8.17. The molecule has 0 aromatic rings. The fourth-order valence-electron chi connectivity index (χ4n) is 0.115.